The van der Waals surface area contributed by atoms with Gasteiger partial charge in [-0.05, 0) is 53.3 Å². The molecule has 2 nitrogen and oxygen atoms in total. The molecule has 1 unspecified atom stereocenters. The minimum absolute atomic E-state index is 0.0679. The van der Waals surface area contributed by atoms with Crippen molar-refractivity contribution < 1.29 is 9.18 Å². The van der Waals surface area contributed by atoms with Gasteiger partial charge in [-0.3, -0.25) is 4.79 Å². The summed E-state index contributed by atoms with van der Waals surface area (Å²) in [6.07, 6.45) is 0.779. The number of nitrogens with zero attached hydrogens (tertiary/aromatic N) is 1. The molecule has 1 saturated heterocycles. The molecule has 0 N–H and O–H groups in total. The van der Waals surface area contributed by atoms with Crippen LogP contribution in [0, 0.1) is 9.39 Å². The zero-order valence-electron chi connectivity index (χ0n) is 12.5. The van der Waals surface area contributed by atoms with Gasteiger partial charge in [0.1, 0.15) is 5.82 Å². The number of halogens is 2. The fourth-order valence-corrected chi connectivity index (χ4v) is 4.56. The van der Waals surface area contributed by atoms with E-state index in [1.807, 2.05) is 41.3 Å². The standard InChI is InChI=1S/C18H17FINOS/c19-16-7-2-1-6-15(16)17-8-9-21(10-11-23-17)18(22)13-4-3-5-14(20)12-13/h1-7,12,17H,8-11H2. The molecular weight excluding hydrogens is 424 g/mol. The van der Waals surface area contributed by atoms with Crippen LogP contribution in [0.2, 0.25) is 0 Å². The number of rotatable bonds is 2. The van der Waals surface area contributed by atoms with Crippen LogP contribution >= 0.6 is 34.4 Å². The van der Waals surface area contributed by atoms with Crippen molar-refractivity contribution in [1.82, 2.24) is 4.90 Å². The van der Waals surface area contributed by atoms with Crippen LogP contribution in [0.15, 0.2) is 48.5 Å². The highest BCUT2D eigenvalue weighted by Crippen LogP contribution is 2.35. The summed E-state index contributed by atoms with van der Waals surface area (Å²) in [5.41, 5.74) is 1.48. The van der Waals surface area contributed by atoms with Gasteiger partial charge in [-0.15, -0.1) is 0 Å². The molecule has 120 valence electrons. The lowest BCUT2D eigenvalue weighted by Gasteiger charge is -2.20. The van der Waals surface area contributed by atoms with Crippen LogP contribution in [0.5, 0.6) is 0 Å². The van der Waals surface area contributed by atoms with Gasteiger partial charge < -0.3 is 4.90 Å². The molecule has 0 bridgehead atoms. The van der Waals surface area contributed by atoms with Crippen LogP contribution in [0.1, 0.15) is 27.6 Å². The molecule has 1 aliphatic rings. The molecule has 0 aliphatic carbocycles. The van der Waals surface area contributed by atoms with Crippen molar-refractivity contribution in [3.8, 4) is 0 Å². The van der Waals surface area contributed by atoms with E-state index in [-0.39, 0.29) is 17.0 Å². The second kappa shape index (κ2) is 7.66. The summed E-state index contributed by atoms with van der Waals surface area (Å²) in [5.74, 6) is 0.745. The summed E-state index contributed by atoms with van der Waals surface area (Å²) in [6, 6.07) is 14.6. The summed E-state index contributed by atoms with van der Waals surface area (Å²) in [4.78, 5) is 14.5. The van der Waals surface area contributed by atoms with Gasteiger partial charge in [0, 0.05) is 38.8 Å². The predicted octanol–water partition coefficient (Wildman–Crippen LogP) is 4.75. The first-order valence-corrected chi connectivity index (χ1v) is 9.69. The summed E-state index contributed by atoms with van der Waals surface area (Å²) >= 11 is 3.95. The monoisotopic (exact) mass is 441 g/mol. The molecule has 0 spiro atoms. The maximum atomic E-state index is 14.0. The highest BCUT2D eigenvalue weighted by atomic mass is 127. The number of carbonyl (C=O) groups is 1. The van der Waals surface area contributed by atoms with Crippen molar-refractivity contribution in [3.05, 3.63) is 69.0 Å². The molecular formula is C18H17FINOS. The SMILES string of the molecule is O=C(c1cccc(I)c1)N1CCSC(c2ccccc2F)CC1. The van der Waals surface area contributed by atoms with E-state index in [1.165, 1.54) is 6.07 Å². The molecule has 0 radical (unpaired) electrons. The van der Waals surface area contributed by atoms with E-state index >= 15 is 0 Å². The molecule has 3 rings (SSSR count). The Morgan fingerprint density at radius 2 is 2.00 bits per heavy atom. The summed E-state index contributed by atoms with van der Waals surface area (Å²) < 4.78 is 15.0. The van der Waals surface area contributed by atoms with E-state index in [4.69, 9.17) is 0 Å². The van der Waals surface area contributed by atoms with Gasteiger partial charge in [-0.2, -0.15) is 11.8 Å². The van der Waals surface area contributed by atoms with E-state index in [9.17, 15) is 9.18 Å². The first kappa shape index (κ1) is 16.8. The highest BCUT2D eigenvalue weighted by molar-refractivity contribution is 14.1. The Kier molecular flexibility index (Phi) is 5.58. The topological polar surface area (TPSA) is 20.3 Å². The van der Waals surface area contributed by atoms with Gasteiger partial charge in [0.25, 0.3) is 5.91 Å². The lowest BCUT2D eigenvalue weighted by molar-refractivity contribution is 0.0766. The van der Waals surface area contributed by atoms with Crippen LogP contribution in [0.25, 0.3) is 0 Å². The molecule has 0 aromatic heterocycles. The second-order valence-electron chi connectivity index (χ2n) is 5.47. The average Bonchev–Trinajstić information content (AvgIpc) is 2.80. The van der Waals surface area contributed by atoms with Gasteiger partial charge in [0.2, 0.25) is 0 Å². The van der Waals surface area contributed by atoms with E-state index in [1.54, 1.807) is 17.8 Å². The van der Waals surface area contributed by atoms with E-state index in [0.29, 0.717) is 13.1 Å². The minimum Gasteiger partial charge on any atom is -0.338 e. The first-order valence-electron chi connectivity index (χ1n) is 7.56. The summed E-state index contributed by atoms with van der Waals surface area (Å²) in [6.45, 7) is 1.37. The first-order chi connectivity index (χ1) is 11.1. The molecule has 1 heterocycles. The molecule has 1 atom stereocenters. The highest BCUT2D eigenvalue weighted by Gasteiger charge is 2.24. The number of hydrogen-bond acceptors (Lipinski definition) is 2. The quantitative estimate of drug-likeness (QED) is 0.627. The fraction of sp³-hybridized carbons (Fsp3) is 0.278. The number of amides is 1. The van der Waals surface area contributed by atoms with Crippen LogP contribution in [0.3, 0.4) is 0 Å². The van der Waals surface area contributed by atoms with Gasteiger partial charge in [0.05, 0.1) is 0 Å². The van der Waals surface area contributed by atoms with Crippen LogP contribution < -0.4 is 0 Å². The van der Waals surface area contributed by atoms with Crippen molar-refractivity contribution in [2.24, 2.45) is 0 Å². The lowest BCUT2D eigenvalue weighted by Crippen LogP contribution is -2.33. The Bertz CT molecular complexity index is 709. The third kappa shape index (κ3) is 4.07. The van der Waals surface area contributed by atoms with E-state index < -0.39 is 0 Å². The van der Waals surface area contributed by atoms with E-state index in [0.717, 1.165) is 26.9 Å². The van der Waals surface area contributed by atoms with Crippen LogP contribution in [-0.2, 0) is 0 Å². The maximum absolute atomic E-state index is 14.0. The lowest BCUT2D eigenvalue weighted by atomic mass is 10.1. The Hall–Kier alpha value is -1.08. The second-order valence-corrected chi connectivity index (χ2v) is 8.03. The van der Waals surface area contributed by atoms with Gasteiger partial charge in [-0.1, -0.05) is 24.3 Å². The van der Waals surface area contributed by atoms with Crippen molar-refractivity contribution >= 4 is 40.3 Å². The Morgan fingerprint density at radius 1 is 1.17 bits per heavy atom. The molecule has 5 heteroatoms. The average molecular weight is 441 g/mol. The van der Waals surface area contributed by atoms with Crippen molar-refractivity contribution in [2.75, 3.05) is 18.8 Å². The smallest absolute Gasteiger partial charge is 0.253 e. The van der Waals surface area contributed by atoms with Crippen LogP contribution in [0.4, 0.5) is 4.39 Å². The molecule has 1 aliphatic heterocycles. The summed E-state index contributed by atoms with van der Waals surface area (Å²) in [7, 11) is 0. The van der Waals surface area contributed by atoms with Crippen molar-refractivity contribution in [3.63, 3.8) is 0 Å². The summed E-state index contributed by atoms with van der Waals surface area (Å²) in [5, 5.41) is 0.116. The Labute approximate surface area is 153 Å². The van der Waals surface area contributed by atoms with Gasteiger partial charge in [-0.25, -0.2) is 4.39 Å². The molecule has 1 fully saturated rings. The zero-order chi connectivity index (χ0) is 16.2. The third-order valence-electron chi connectivity index (χ3n) is 3.95. The third-order valence-corrected chi connectivity index (χ3v) is 5.93. The zero-order valence-corrected chi connectivity index (χ0v) is 15.5. The van der Waals surface area contributed by atoms with Gasteiger partial charge in [0.15, 0.2) is 0 Å². The number of thioether (sulfide) groups is 1. The largest absolute Gasteiger partial charge is 0.338 e. The number of carbonyl (C=O) groups excluding carboxylic acids is 1. The number of benzene rings is 2. The molecule has 2 aromatic rings. The van der Waals surface area contributed by atoms with Gasteiger partial charge >= 0.3 is 0 Å². The van der Waals surface area contributed by atoms with Crippen molar-refractivity contribution in [1.29, 1.82) is 0 Å². The number of hydrogen-bond donors (Lipinski definition) is 0. The van der Waals surface area contributed by atoms with Crippen LogP contribution in [-0.4, -0.2) is 29.6 Å². The van der Waals surface area contributed by atoms with Crippen molar-refractivity contribution in [2.45, 2.75) is 11.7 Å². The maximum Gasteiger partial charge on any atom is 0.253 e. The Balaban J connectivity index is 1.71. The minimum atomic E-state index is -0.151. The fourth-order valence-electron chi connectivity index (χ4n) is 2.76. The molecule has 2 aromatic carbocycles. The Morgan fingerprint density at radius 3 is 2.78 bits per heavy atom. The molecule has 0 saturated carbocycles. The van der Waals surface area contributed by atoms with E-state index in [2.05, 4.69) is 22.6 Å². The molecule has 23 heavy (non-hydrogen) atoms. The molecule has 1 amide bonds. The normalized spacial score (nSPS) is 18.5. The predicted molar refractivity (Wildman–Crippen MR) is 101 cm³/mol.